The molecule has 16 heavy (non-hydrogen) atoms. The van der Waals surface area contributed by atoms with Gasteiger partial charge in [0.25, 0.3) is 0 Å². The topological polar surface area (TPSA) is 60.2 Å². The molecule has 2 N–H and O–H groups in total. The second kappa shape index (κ2) is 3.02. The number of hydrogen-bond acceptors (Lipinski definition) is 3. The Morgan fingerprint density at radius 1 is 1.19 bits per heavy atom. The highest BCUT2D eigenvalue weighted by molar-refractivity contribution is 7.92. The summed E-state index contributed by atoms with van der Waals surface area (Å²) in [5.74, 6) is 1.43. The van der Waals surface area contributed by atoms with E-state index in [1.165, 1.54) is 6.42 Å². The summed E-state index contributed by atoms with van der Waals surface area (Å²) in [5.41, 5.74) is 6.23. The molecule has 2 atom stereocenters. The third-order valence-corrected chi connectivity index (χ3v) is 7.65. The Hall–Kier alpha value is -0.0900. The third kappa shape index (κ3) is 1.32. The van der Waals surface area contributed by atoms with E-state index in [0.717, 1.165) is 32.1 Å². The van der Waals surface area contributed by atoms with Gasteiger partial charge in [0.05, 0.1) is 4.75 Å². The van der Waals surface area contributed by atoms with Crippen molar-refractivity contribution < 1.29 is 8.42 Å². The number of hydrogen-bond donors (Lipinski definition) is 1. The van der Waals surface area contributed by atoms with Crippen LogP contribution in [0.25, 0.3) is 0 Å². The molecule has 3 nitrogen and oxygen atoms in total. The van der Waals surface area contributed by atoms with E-state index >= 15 is 0 Å². The number of rotatable bonds is 2. The van der Waals surface area contributed by atoms with Crippen molar-refractivity contribution in [2.75, 3.05) is 5.75 Å². The molecular formula is C12H21NO2S. The van der Waals surface area contributed by atoms with Gasteiger partial charge in [-0.15, -0.1) is 0 Å². The van der Waals surface area contributed by atoms with Crippen molar-refractivity contribution in [1.82, 2.24) is 0 Å². The van der Waals surface area contributed by atoms with Crippen LogP contribution in [0.15, 0.2) is 0 Å². The molecule has 0 heterocycles. The van der Waals surface area contributed by atoms with Crippen molar-refractivity contribution in [2.45, 2.75) is 55.7 Å². The summed E-state index contributed by atoms with van der Waals surface area (Å²) in [6, 6.07) is 0. The highest BCUT2D eigenvalue weighted by atomic mass is 32.2. The molecule has 4 fully saturated rings. The predicted octanol–water partition coefficient (Wildman–Crippen LogP) is 1.47. The molecule has 0 aromatic carbocycles. The minimum Gasteiger partial charge on any atom is -0.325 e. The molecule has 0 aromatic heterocycles. The van der Waals surface area contributed by atoms with E-state index in [9.17, 15) is 8.42 Å². The molecular weight excluding hydrogens is 222 g/mol. The zero-order chi connectivity index (χ0) is 11.6. The maximum absolute atomic E-state index is 12.3. The molecule has 0 saturated heterocycles. The van der Waals surface area contributed by atoms with Gasteiger partial charge >= 0.3 is 0 Å². The summed E-state index contributed by atoms with van der Waals surface area (Å²) in [5, 5.41) is 0. The van der Waals surface area contributed by atoms with Crippen LogP contribution < -0.4 is 5.73 Å². The molecule has 4 rings (SSSR count). The Balaban J connectivity index is 2.04. The average Bonchev–Trinajstić information content (AvgIpc) is 2.13. The Labute approximate surface area is 97.7 Å². The van der Waals surface area contributed by atoms with Gasteiger partial charge in [0.2, 0.25) is 0 Å². The Morgan fingerprint density at radius 2 is 1.75 bits per heavy atom. The zero-order valence-electron chi connectivity index (χ0n) is 9.91. The first-order valence-electron chi connectivity index (χ1n) is 6.39. The first kappa shape index (κ1) is 11.0. The number of sulfone groups is 1. The van der Waals surface area contributed by atoms with E-state index in [-0.39, 0.29) is 11.3 Å². The summed E-state index contributed by atoms with van der Waals surface area (Å²) < 4.78 is 24.2. The predicted molar refractivity (Wildman–Crippen MR) is 63.8 cm³/mol. The molecule has 4 bridgehead atoms. The number of nitrogens with two attached hydrogens (primary N) is 1. The first-order valence-corrected chi connectivity index (χ1v) is 8.04. The molecule has 92 valence electrons. The fraction of sp³-hybridized carbons (Fsp3) is 1.00. The van der Waals surface area contributed by atoms with Gasteiger partial charge in [-0.25, -0.2) is 8.42 Å². The Kier molecular flexibility index (Phi) is 2.08. The van der Waals surface area contributed by atoms with Crippen LogP contribution in [0.2, 0.25) is 0 Å². The van der Waals surface area contributed by atoms with Gasteiger partial charge < -0.3 is 5.73 Å². The van der Waals surface area contributed by atoms with E-state index in [1.54, 1.807) is 6.92 Å². The van der Waals surface area contributed by atoms with Crippen LogP contribution >= 0.6 is 0 Å². The highest BCUT2D eigenvalue weighted by Gasteiger charge is 2.60. The molecule has 0 aliphatic heterocycles. The van der Waals surface area contributed by atoms with Gasteiger partial charge in [0.15, 0.2) is 9.84 Å². The summed E-state index contributed by atoms with van der Waals surface area (Å²) in [6.45, 7) is 1.77. The van der Waals surface area contributed by atoms with Crippen molar-refractivity contribution in [3.8, 4) is 0 Å². The fourth-order valence-corrected chi connectivity index (χ4v) is 7.02. The van der Waals surface area contributed by atoms with E-state index in [0.29, 0.717) is 11.8 Å². The lowest BCUT2D eigenvalue weighted by molar-refractivity contribution is 0.0137. The maximum atomic E-state index is 12.3. The normalized spacial score (nSPS) is 50.9. The van der Waals surface area contributed by atoms with Gasteiger partial charge in [-0.2, -0.15) is 0 Å². The van der Waals surface area contributed by atoms with Crippen molar-refractivity contribution in [3.05, 3.63) is 0 Å². The molecule has 4 saturated carbocycles. The second-order valence-electron chi connectivity index (χ2n) is 6.41. The fourth-order valence-electron chi connectivity index (χ4n) is 4.92. The summed E-state index contributed by atoms with van der Waals surface area (Å²) in [6.07, 6.45) is 5.84. The highest BCUT2D eigenvalue weighted by Crippen LogP contribution is 2.59. The lowest BCUT2D eigenvalue weighted by Gasteiger charge is -2.60. The van der Waals surface area contributed by atoms with Crippen LogP contribution in [0, 0.1) is 11.8 Å². The van der Waals surface area contributed by atoms with Gasteiger partial charge in [0, 0.05) is 11.3 Å². The van der Waals surface area contributed by atoms with Crippen LogP contribution in [-0.4, -0.2) is 24.5 Å². The first-order chi connectivity index (χ1) is 7.38. The van der Waals surface area contributed by atoms with Crippen molar-refractivity contribution in [2.24, 2.45) is 17.6 Å². The average molecular weight is 243 g/mol. The van der Waals surface area contributed by atoms with E-state index in [1.807, 2.05) is 0 Å². The van der Waals surface area contributed by atoms with Gasteiger partial charge in [0.1, 0.15) is 0 Å². The summed E-state index contributed by atoms with van der Waals surface area (Å²) in [4.78, 5) is 0. The summed E-state index contributed by atoms with van der Waals surface area (Å²) in [7, 11) is -2.94. The molecule has 2 unspecified atom stereocenters. The van der Waals surface area contributed by atoms with Crippen molar-refractivity contribution >= 4 is 9.84 Å². The van der Waals surface area contributed by atoms with E-state index < -0.39 is 14.6 Å². The minimum atomic E-state index is -2.94. The van der Waals surface area contributed by atoms with Crippen LogP contribution in [-0.2, 0) is 9.84 Å². The molecule has 0 spiro atoms. The van der Waals surface area contributed by atoms with Gasteiger partial charge in [-0.1, -0.05) is 6.92 Å². The molecule has 0 aromatic rings. The van der Waals surface area contributed by atoms with E-state index in [4.69, 9.17) is 5.73 Å². The Morgan fingerprint density at radius 3 is 2.19 bits per heavy atom. The quantitative estimate of drug-likeness (QED) is 0.799. The van der Waals surface area contributed by atoms with Gasteiger partial charge in [-0.05, 0) is 50.4 Å². The van der Waals surface area contributed by atoms with E-state index in [2.05, 4.69) is 0 Å². The van der Waals surface area contributed by atoms with Crippen LogP contribution in [0.4, 0.5) is 0 Å². The molecule has 4 aliphatic carbocycles. The zero-order valence-corrected chi connectivity index (χ0v) is 10.7. The molecule has 0 radical (unpaired) electrons. The third-order valence-electron chi connectivity index (χ3n) is 5.09. The maximum Gasteiger partial charge on any atom is 0.155 e. The lowest BCUT2D eigenvalue weighted by Crippen LogP contribution is -2.65. The van der Waals surface area contributed by atoms with Crippen LogP contribution in [0.3, 0.4) is 0 Å². The molecule has 0 amide bonds. The van der Waals surface area contributed by atoms with Crippen LogP contribution in [0.5, 0.6) is 0 Å². The summed E-state index contributed by atoms with van der Waals surface area (Å²) >= 11 is 0. The van der Waals surface area contributed by atoms with Crippen molar-refractivity contribution in [3.63, 3.8) is 0 Å². The lowest BCUT2D eigenvalue weighted by atomic mass is 9.53. The smallest absolute Gasteiger partial charge is 0.155 e. The second-order valence-corrected chi connectivity index (χ2v) is 9.08. The standard InChI is InChI=1S/C12H21NO2S/c1-2-16(14,15)12-6-9-3-10(7-12)5-11(13,4-9)8-12/h9-10H,2-8,13H2,1H3. The largest absolute Gasteiger partial charge is 0.325 e. The molecule has 4 aliphatic rings. The van der Waals surface area contributed by atoms with Gasteiger partial charge in [-0.3, -0.25) is 0 Å². The Bertz CT molecular complexity index is 401. The minimum absolute atomic E-state index is 0.160. The van der Waals surface area contributed by atoms with Crippen LogP contribution in [0.1, 0.15) is 45.4 Å². The van der Waals surface area contributed by atoms with Crippen molar-refractivity contribution in [1.29, 1.82) is 0 Å². The monoisotopic (exact) mass is 243 g/mol. The SMILES string of the molecule is CCS(=O)(=O)C12CC3CC(CC(N)(C3)C1)C2. The molecule has 4 heteroatoms.